The minimum Gasteiger partial charge on any atom is -0.495 e. The molecule has 0 spiro atoms. The van der Waals surface area contributed by atoms with Crippen LogP contribution in [-0.4, -0.2) is 27.6 Å². The number of nitro benzene ring substituents is 1. The Bertz CT molecular complexity index is 885. The Morgan fingerprint density at radius 1 is 1.08 bits per heavy atom. The minimum absolute atomic E-state index is 0.00812. The molecule has 0 unspecified atom stereocenters. The van der Waals surface area contributed by atoms with Gasteiger partial charge in [0, 0.05) is 11.1 Å². The zero-order valence-electron chi connectivity index (χ0n) is 12.6. The number of nitrogens with zero attached hydrogens (tertiary/aromatic N) is 1. The number of halogens is 1. The maximum atomic E-state index is 12.6. The molecule has 0 aromatic heterocycles. The third kappa shape index (κ3) is 3.69. The first-order valence-electron chi connectivity index (χ1n) is 6.47. The van der Waals surface area contributed by atoms with Crippen molar-refractivity contribution >= 4 is 33.0 Å². The molecule has 0 aliphatic heterocycles. The van der Waals surface area contributed by atoms with Crippen molar-refractivity contribution in [3.05, 3.63) is 51.5 Å². The lowest BCUT2D eigenvalue weighted by molar-refractivity contribution is -0.384. The summed E-state index contributed by atoms with van der Waals surface area (Å²) in [5.41, 5.74) is -0.180. The van der Waals surface area contributed by atoms with Crippen LogP contribution in [0.1, 0.15) is 0 Å². The largest absolute Gasteiger partial charge is 0.495 e. The van der Waals surface area contributed by atoms with E-state index < -0.39 is 14.9 Å². The van der Waals surface area contributed by atoms with E-state index in [1.54, 1.807) is 0 Å². The number of anilines is 1. The van der Waals surface area contributed by atoms with E-state index in [9.17, 15) is 18.5 Å². The quantitative estimate of drug-likeness (QED) is 0.616. The summed E-state index contributed by atoms with van der Waals surface area (Å²) < 4.78 is 37.5. The van der Waals surface area contributed by atoms with Crippen LogP contribution in [0.25, 0.3) is 0 Å². The Kier molecular flexibility index (Phi) is 5.15. The van der Waals surface area contributed by atoms with Crippen molar-refractivity contribution < 1.29 is 22.8 Å². The summed E-state index contributed by atoms with van der Waals surface area (Å²) in [4.78, 5) is 10.0. The highest BCUT2D eigenvalue weighted by atomic mass is 35.5. The SMILES string of the molecule is COc1cc([N+](=O)[O-])ccc1NS(=O)(=O)c1cc(Cl)ccc1OC. The van der Waals surface area contributed by atoms with Crippen molar-refractivity contribution in [1.29, 1.82) is 0 Å². The number of methoxy groups -OCH3 is 2. The Morgan fingerprint density at radius 2 is 1.75 bits per heavy atom. The molecule has 128 valence electrons. The molecule has 0 atom stereocenters. The Morgan fingerprint density at radius 3 is 2.33 bits per heavy atom. The third-order valence-corrected chi connectivity index (χ3v) is 4.68. The van der Waals surface area contributed by atoms with Gasteiger partial charge in [-0.3, -0.25) is 14.8 Å². The van der Waals surface area contributed by atoms with Gasteiger partial charge >= 0.3 is 0 Å². The predicted molar refractivity (Wildman–Crippen MR) is 88.5 cm³/mol. The number of ether oxygens (including phenoxy) is 2. The normalized spacial score (nSPS) is 11.0. The molecule has 8 nitrogen and oxygen atoms in total. The van der Waals surface area contributed by atoms with Gasteiger partial charge in [0.05, 0.1) is 30.9 Å². The highest BCUT2D eigenvalue weighted by molar-refractivity contribution is 7.92. The van der Waals surface area contributed by atoms with Crippen LogP contribution in [0, 0.1) is 10.1 Å². The Balaban J connectivity index is 2.47. The molecule has 0 saturated heterocycles. The van der Waals surface area contributed by atoms with Crippen molar-refractivity contribution in [3.63, 3.8) is 0 Å². The summed E-state index contributed by atoms with van der Waals surface area (Å²) in [6, 6.07) is 7.67. The van der Waals surface area contributed by atoms with Crippen LogP contribution in [0.15, 0.2) is 41.3 Å². The van der Waals surface area contributed by atoms with Crippen LogP contribution in [0.5, 0.6) is 11.5 Å². The zero-order chi connectivity index (χ0) is 17.9. The van der Waals surface area contributed by atoms with Crippen molar-refractivity contribution in [3.8, 4) is 11.5 Å². The van der Waals surface area contributed by atoms with E-state index in [0.717, 1.165) is 12.1 Å². The van der Waals surface area contributed by atoms with E-state index in [4.69, 9.17) is 21.1 Å². The number of hydrogen-bond donors (Lipinski definition) is 1. The highest BCUT2D eigenvalue weighted by Gasteiger charge is 2.22. The summed E-state index contributed by atoms with van der Waals surface area (Å²) in [7, 11) is -1.45. The number of benzene rings is 2. The number of rotatable bonds is 6. The molecule has 0 saturated carbocycles. The lowest BCUT2D eigenvalue weighted by atomic mass is 10.2. The summed E-state index contributed by atoms with van der Waals surface area (Å²) >= 11 is 5.85. The number of non-ortho nitro benzene ring substituents is 1. The Labute approximate surface area is 143 Å². The van der Waals surface area contributed by atoms with E-state index in [-0.39, 0.29) is 32.8 Å². The lowest BCUT2D eigenvalue weighted by Gasteiger charge is -2.14. The molecular weight excluding hydrogens is 360 g/mol. The van der Waals surface area contributed by atoms with E-state index >= 15 is 0 Å². The predicted octanol–water partition coefficient (Wildman–Crippen LogP) is 3.07. The van der Waals surface area contributed by atoms with Gasteiger partial charge in [-0.05, 0) is 24.3 Å². The van der Waals surface area contributed by atoms with Crippen LogP contribution in [0.4, 0.5) is 11.4 Å². The Hall–Kier alpha value is -2.52. The summed E-state index contributed by atoms with van der Waals surface area (Å²) in [6.45, 7) is 0. The first-order valence-corrected chi connectivity index (χ1v) is 8.33. The summed E-state index contributed by atoms with van der Waals surface area (Å²) in [5.74, 6) is 0.113. The molecule has 0 fully saturated rings. The second-order valence-corrected chi connectivity index (χ2v) is 6.63. The smallest absolute Gasteiger partial charge is 0.273 e. The molecule has 2 aromatic carbocycles. The highest BCUT2D eigenvalue weighted by Crippen LogP contribution is 2.33. The monoisotopic (exact) mass is 372 g/mol. The fraction of sp³-hybridized carbons (Fsp3) is 0.143. The summed E-state index contributed by atoms with van der Waals surface area (Å²) in [5, 5.41) is 11.0. The molecule has 24 heavy (non-hydrogen) atoms. The van der Waals surface area contributed by atoms with E-state index in [1.165, 1.54) is 38.5 Å². The second-order valence-electron chi connectivity index (χ2n) is 4.54. The van der Waals surface area contributed by atoms with Crippen LogP contribution < -0.4 is 14.2 Å². The fourth-order valence-corrected chi connectivity index (χ4v) is 3.44. The first kappa shape index (κ1) is 17.8. The maximum Gasteiger partial charge on any atom is 0.273 e. The van der Waals surface area contributed by atoms with Gasteiger partial charge in [-0.2, -0.15) is 0 Å². The van der Waals surface area contributed by atoms with Crippen LogP contribution >= 0.6 is 11.6 Å². The van der Waals surface area contributed by atoms with E-state index in [1.807, 2.05) is 0 Å². The van der Waals surface area contributed by atoms with Gasteiger partial charge in [0.15, 0.2) is 0 Å². The van der Waals surface area contributed by atoms with Crippen LogP contribution in [0.3, 0.4) is 0 Å². The molecule has 0 radical (unpaired) electrons. The van der Waals surface area contributed by atoms with Crippen molar-refractivity contribution in [2.75, 3.05) is 18.9 Å². The zero-order valence-corrected chi connectivity index (χ0v) is 14.2. The van der Waals surface area contributed by atoms with E-state index in [0.29, 0.717) is 0 Å². The molecule has 0 aliphatic carbocycles. The van der Waals surface area contributed by atoms with Gasteiger partial charge in [0.2, 0.25) is 0 Å². The average molecular weight is 373 g/mol. The topological polar surface area (TPSA) is 108 Å². The third-order valence-electron chi connectivity index (χ3n) is 3.06. The molecule has 2 rings (SSSR count). The second kappa shape index (κ2) is 6.93. The molecule has 0 aliphatic rings. The minimum atomic E-state index is -4.05. The van der Waals surface area contributed by atoms with Gasteiger partial charge in [-0.15, -0.1) is 0 Å². The number of hydrogen-bond acceptors (Lipinski definition) is 6. The maximum absolute atomic E-state index is 12.6. The van der Waals surface area contributed by atoms with Crippen molar-refractivity contribution in [1.82, 2.24) is 0 Å². The number of nitro groups is 1. The van der Waals surface area contributed by atoms with Gasteiger partial charge in [-0.1, -0.05) is 11.6 Å². The van der Waals surface area contributed by atoms with Crippen LogP contribution in [0.2, 0.25) is 5.02 Å². The molecule has 0 bridgehead atoms. The van der Waals surface area contributed by atoms with E-state index in [2.05, 4.69) is 4.72 Å². The van der Waals surface area contributed by atoms with Crippen molar-refractivity contribution in [2.45, 2.75) is 4.90 Å². The first-order chi connectivity index (χ1) is 11.3. The number of sulfonamides is 1. The molecule has 0 heterocycles. The van der Waals surface area contributed by atoms with Crippen LogP contribution in [-0.2, 0) is 10.0 Å². The van der Waals surface area contributed by atoms with Crippen molar-refractivity contribution in [2.24, 2.45) is 0 Å². The molecule has 0 amide bonds. The lowest BCUT2D eigenvalue weighted by Crippen LogP contribution is -2.15. The number of nitrogens with one attached hydrogen (secondary N) is 1. The molecule has 1 N–H and O–H groups in total. The van der Waals surface area contributed by atoms with Gasteiger partial charge in [-0.25, -0.2) is 8.42 Å². The van der Waals surface area contributed by atoms with Gasteiger partial charge < -0.3 is 9.47 Å². The molecular formula is C14H13ClN2O6S. The average Bonchev–Trinajstić information content (AvgIpc) is 2.54. The van der Waals surface area contributed by atoms with Gasteiger partial charge in [0.25, 0.3) is 15.7 Å². The molecule has 10 heteroatoms. The standard InChI is InChI=1S/C14H13ClN2O6S/c1-22-12-6-3-9(15)7-14(12)24(20,21)16-11-5-4-10(17(18)19)8-13(11)23-2/h3-8,16H,1-2H3. The fourth-order valence-electron chi connectivity index (χ4n) is 1.94. The van der Waals surface area contributed by atoms with Gasteiger partial charge in [0.1, 0.15) is 16.4 Å². The summed E-state index contributed by atoms with van der Waals surface area (Å²) in [6.07, 6.45) is 0. The molecule has 2 aromatic rings.